The van der Waals surface area contributed by atoms with Gasteiger partial charge in [-0.2, -0.15) is 5.10 Å². The number of nitrogens with one attached hydrogen (secondary N) is 3. The number of hydrogen-bond donors (Lipinski definition) is 3. The third kappa shape index (κ3) is 4.19. The molecular formula is C9H15N5O3. The van der Waals surface area contributed by atoms with Gasteiger partial charge in [-0.05, 0) is 6.92 Å². The molecule has 0 aliphatic rings. The highest BCUT2D eigenvalue weighted by Gasteiger charge is 2.17. The number of ether oxygens (including phenoxy) is 1. The van der Waals surface area contributed by atoms with Crippen LogP contribution in [0.4, 0.5) is 0 Å². The van der Waals surface area contributed by atoms with Crippen LogP contribution in [-0.2, 0) is 9.53 Å². The lowest BCUT2D eigenvalue weighted by molar-refractivity contribution is -0.122. The van der Waals surface area contributed by atoms with Crippen molar-refractivity contribution >= 4 is 11.8 Å². The van der Waals surface area contributed by atoms with E-state index < -0.39 is 11.9 Å². The van der Waals surface area contributed by atoms with E-state index in [1.165, 1.54) is 6.33 Å². The molecule has 0 saturated heterocycles. The van der Waals surface area contributed by atoms with Crippen molar-refractivity contribution in [3.8, 4) is 0 Å². The Morgan fingerprint density at radius 2 is 2.35 bits per heavy atom. The van der Waals surface area contributed by atoms with Crippen LogP contribution in [0.15, 0.2) is 6.33 Å². The van der Waals surface area contributed by atoms with Crippen molar-refractivity contribution in [2.24, 2.45) is 0 Å². The van der Waals surface area contributed by atoms with E-state index in [9.17, 15) is 9.59 Å². The fraction of sp³-hybridized carbons (Fsp3) is 0.556. The fourth-order valence-corrected chi connectivity index (χ4v) is 1.07. The maximum absolute atomic E-state index is 11.5. The topological polar surface area (TPSA) is 109 Å². The van der Waals surface area contributed by atoms with Gasteiger partial charge in [-0.15, -0.1) is 0 Å². The molecule has 8 nitrogen and oxygen atoms in total. The van der Waals surface area contributed by atoms with Gasteiger partial charge in [0.05, 0.1) is 6.61 Å². The van der Waals surface area contributed by atoms with E-state index in [2.05, 4.69) is 25.8 Å². The standard InChI is InChI=1S/C9H15N5O3/c1-6(8(15)10-3-4-17-2)13-9(16)7-11-5-12-14-7/h5-6H,3-4H2,1-2H3,(H,10,15)(H,13,16)(H,11,12,14). The van der Waals surface area contributed by atoms with Crippen molar-refractivity contribution in [2.45, 2.75) is 13.0 Å². The number of carbonyl (C=O) groups excluding carboxylic acids is 2. The number of aromatic amines is 1. The Kier molecular flexibility index (Phi) is 5.08. The number of aromatic nitrogens is 3. The van der Waals surface area contributed by atoms with E-state index in [0.717, 1.165) is 0 Å². The Hall–Kier alpha value is -1.96. The highest BCUT2D eigenvalue weighted by molar-refractivity contribution is 5.94. The molecular weight excluding hydrogens is 226 g/mol. The lowest BCUT2D eigenvalue weighted by Crippen LogP contribution is -2.45. The lowest BCUT2D eigenvalue weighted by Gasteiger charge is -2.12. The number of H-pyrrole nitrogens is 1. The molecule has 0 saturated carbocycles. The molecule has 1 heterocycles. The highest BCUT2D eigenvalue weighted by Crippen LogP contribution is 1.89. The smallest absolute Gasteiger partial charge is 0.289 e. The second kappa shape index (κ2) is 6.59. The van der Waals surface area contributed by atoms with Gasteiger partial charge in [0, 0.05) is 13.7 Å². The summed E-state index contributed by atoms with van der Waals surface area (Å²) in [5.74, 6) is -0.687. The molecule has 1 atom stereocenters. The second-order valence-electron chi connectivity index (χ2n) is 3.31. The summed E-state index contributed by atoms with van der Waals surface area (Å²) in [6.45, 7) is 2.41. The number of methoxy groups -OCH3 is 1. The molecule has 0 aliphatic carbocycles. The van der Waals surface area contributed by atoms with Crippen molar-refractivity contribution in [2.75, 3.05) is 20.3 Å². The molecule has 0 aromatic carbocycles. The third-order valence-corrected chi connectivity index (χ3v) is 1.98. The maximum Gasteiger partial charge on any atom is 0.289 e. The lowest BCUT2D eigenvalue weighted by atomic mass is 10.3. The molecule has 8 heteroatoms. The normalized spacial score (nSPS) is 11.9. The number of hydrogen-bond acceptors (Lipinski definition) is 5. The number of rotatable bonds is 6. The number of carbonyl (C=O) groups is 2. The van der Waals surface area contributed by atoms with Gasteiger partial charge in [-0.25, -0.2) is 4.98 Å². The van der Waals surface area contributed by atoms with Crippen LogP contribution in [0.25, 0.3) is 0 Å². The summed E-state index contributed by atoms with van der Waals surface area (Å²) in [5.41, 5.74) is 0. The molecule has 0 fully saturated rings. The van der Waals surface area contributed by atoms with Crippen molar-refractivity contribution < 1.29 is 14.3 Å². The van der Waals surface area contributed by atoms with Crippen molar-refractivity contribution in [1.29, 1.82) is 0 Å². The molecule has 0 bridgehead atoms. The van der Waals surface area contributed by atoms with E-state index in [4.69, 9.17) is 4.74 Å². The molecule has 0 spiro atoms. The van der Waals surface area contributed by atoms with E-state index in [0.29, 0.717) is 13.2 Å². The predicted molar refractivity (Wildman–Crippen MR) is 58.2 cm³/mol. The van der Waals surface area contributed by atoms with E-state index in [-0.39, 0.29) is 11.7 Å². The average molecular weight is 241 g/mol. The van der Waals surface area contributed by atoms with Gasteiger partial charge in [0.2, 0.25) is 11.7 Å². The Balaban J connectivity index is 2.35. The number of amides is 2. The maximum atomic E-state index is 11.5. The molecule has 0 aliphatic heterocycles. The Morgan fingerprint density at radius 1 is 1.59 bits per heavy atom. The van der Waals surface area contributed by atoms with Crippen molar-refractivity contribution in [3.05, 3.63) is 12.2 Å². The first-order valence-electron chi connectivity index (χ1n) is 5.08. The minimum Gasteiger partial charge on any atom is -0.383 e. The quantitative estimate of drug-likeness (QED) is 0.535. The first kappa shape index (κ1) is 13.1. The monoisotopic (exact) mass is 241 g/mol. The summed E-state index contributed by atoms with van der Waals surface area (Å²) in [6.07, 6.45) is 1.22. The second-order valence-corrected chi connectivity index (χ2v) is 3.31. The van der Waals surface area contributed by atoms with Crippen LogP contribution in [0, 0.1) is 0 Å². The first-order chi connectivity index (χ1) is 8.15. The summed E-state index contributed by atoms with van der Waals surface area (Å²) in [6, 6.07) is -0.649. The minimum atomic E-state index is -0.649. The van der Waals surface area contributed by atoms with Crippen LogP contribution < -0.4 is 10.6 Å². The van der Waals surface area contributed by atoms with Gasteiger partial charge in [-0.3, -0.25) is 14.7 Å². The van der Waals surface area contributed by atoms with E-state index in [1.54, 1.807) is 14.0 Å². The van der Waals surface area contributed by atoms with E-state index in [1.807, 2.05) is 0 Å². The van der Waals surface area contributed by atoms with Crippen LogP contribution in [0.3, 0.4) is 0 Å². The SMILES string of the molecule is COCCNC(=O)C(C)NC(=O)c1ncn[nH]1. The van der Waals surface area contributed by atoms with Crippen molar-refractivity contribution in [1.82, 2.24) is 25.8 Å². The molecule has 17 heavy (non-hydrogen) atoms. The zero-order valence-corrected chi connectivity index (χ0v) is 9.69. The molecule has 1 aromatic rings. The van der Waals surface area contributed by atoms with Gasteiger partial charge in [0.25, 0.3) is 5.91 Å². The Labute approximate surface area is 98.1 Å². The van der Waals surface area contributed by atoms with Crippen LogP contribution in [0.1, 0.15) is 17.5 Å². The van der Waals surface area contributed by atoms with Crippen LogP contribution in [0.5, 0.6) is 0 Å². The van der Waals surface area contributed by atoms with Crippen LogP contribution in [-0.4, -0.2) is 53.3 Å². The molecule has 1 rings (SSSR count). The van der Waals surface area contributed by atoms with Gasteiger partial charge < -0.3 is 15.4 Å². The summed E-state index contributed by atoms with van der Waals surface area (Å²) in [4.78, 5) is 26.7. The molecule has 0 radical (unpaired) electrons. The van der Waals surface area contributed by atoms with Crippen LogP contribution >= 0.6 is 0 Å². The highest BCUT2D eigenvalue weighted by atomic mass is 16.5. The Bertz CT molecular complexity index is 365. The molecule has 3 N–H and O–H groups in total. The minimum absolute atomic E-state index is 0.0709. The summed E-state index contributed by atoms with van der Waals surface area (Å²) < 4.78 is 4.79. The third-order valence-electron chi connectivity index (χ3n) is 1.98. The predicted octanol–water partition coefficient (Wildman–Crippen LogP) is -1.31. The molecule has 2 amide bonds. The molecule has 1 unspecified atom stereocenters. The first-order valence-corrected chi connectivity index (χ1v) is 5.08. The number of nitrogens with zero attached hydrogens (tertiary/aromatic N) is 2. The van der Waals surface area contributed by atoms with Gasteiger partial charge >= 0.3 is 0 Å². The molecule has 1 aromatic heterocycles. The summed E-state index contributed by atoms with van der Waals surface area (Å²) >= 11 is 0. The molecule has 94 valence electrons. The zero-order valence-electron chi connectivity index (χ0n) is 9.69. The Morgan fingerprint density at radius 3 is 2.94 bits per heavy atom. The fourth-order valence-electron chi connectivity index (χ4n) is 1.07. The van der Waals surface area contributed by atoms with Gasteiger partial charge in [0.1, 0.15) is 12.4 Å². The largest absolute Gasteiger partial charge is 0.383 e. The summed E-state index contributed by atoms with van der Waals surface area (Å²) in [7, 11) is 1.54. The van der Waals surface area contributed by atoms with Crippen LogP contribution in [0.2, 0.25) is 0 Å². The summed E-state index contributed by atoms with van der Waals surface area (Å²) in [5, 5.41) is 11.0. The average Bonchev–Trinajstić information content (AvgIpc) is 2.82. The van der Waals surface area contributed by atoms with E-state index >= 15 is 0 Å². The van der Waals surface area contributed by atoms with Gasteiger partial charge in [-0.1, -0.05) is 0 Å². The zero-order chi connectivity index (χ0) is 12.7. The van der Waals surface area contributed by atoms with Crippen molar-refractivity contribution in [3.63, 3.8) is 0 Å². The van der Waals surface area contributed by atoms with Gasteiger partial charge in [0.15, 0.2) is 0 Å².